The highest BCUT2D eigenvalue weighted by Crippen LogP contribution is 2.09. The van der Waals surface area contributed by atoms with Crippen LogP contribution in [0.2, 0.25) is 0 Å². The lowest BCUT2D eigenvalue weighted by atomic mass is 10.1. The highest BCUT2D eigenvalue weighted by atomic mass is 16.6. The van der Waals surface area contributed by atoms with Crippen molar-refractivity contribution in [2.24, 2.45) is 0 Å². The number of nitrogens with zero attached hydrogens (tertiary/aromatic N) is 1. The summed E-state index contributed by atoms with van der Waals surface area (Å²) in [7, 11) is 1.25. The third-order valence-corrected chi connectivity index (χ3v) is 6.15. The van der Waals surface area contributed by atoms with Gasteiger partial charge in [0.1, 0.15) is 18.2 Å². The summed E-state index contributed by atoms with van der Waals surface area (Å²) in [5, 5.41) is 8.02. The monoisotopic (exact) mass is 642 g/mol. The minimum Gasteiger partial charge on any atom is -0.467 e. The van der Waals surface area contributed by atoms with E-state index in [2.05, 4.69) is 16.0 Å². The van der Waals surface area contributed by atoms with Crippen LogP contribution >= 0.6 is 0 Å². The molecule has 0 saturated heterocycles. The number of imide groups is 1. The number of hydrogen-bond acceptors (Lipinski definition) is 11. The normalized spacial score (nSPS) is 13.5. The number of carbonyl (C=O) groups excluding carboxylic acids is 6. The van der Waals surface area contributed by atoms with E-state index in [4.69, 9.17) is 23.7 Å². The topological polar surface area (TPSA) is 188 Å². The summed E-state index contributed by atoms with van der Waals surface area (Å²) in [5.41, 5.74) is -0.689. The Balaban J connectivity index is 1.92. The van der Waals surface area contributed by atoms with Crippen LogP contribution in [0, 0.1) is 0 Å². The smallest absolute Gasteiger partial charge is 0.408 e. The van der Waals surface area contributed by atoms with E-state index in [0.29, 0.717) is 84.6 Å². The maximum absolute atomic E-state index is 12.0. The zero-order valence-corrected chi connectivity index (χ0v) is 27.0. The van der Waals surface area contributed by atoms with Crippen LogP contribution < -0.4 is 16.0 Å². The Morgan fingerprint density at radius 2 is 1.40 bits per heavy atom. The van der Waals surface area contributed by atoms with Gasteiger partial charge in [0.25, 0.3) is 11.8 Å². The fourth-order valence-electron chi connectivity index (χ4n) is 3.93. The molecule has 0 saturated carbocycles. The van der Waals surface area contributed by atoms with Crippen LogP contribution in [0.25, 0.3) is 0 Å². The Hall–Kier alpha value is -3.56. The molecule has 0 radical (unpaired) electrons. The molecular formula is C30H50N4O11. The molecule has 3 N–H and O–H groups in total. The van der Waals surface area contributed by atoms with Gasteiger partial charge >= 0.3 is 12.1 Å². The van der Waals surface area contributed by atoms with E-state index in [-0.39, 0.29) is 36.8 Å². The van der Waals surface area contributed by atoms with Gasteiger partial charge in [0, 0.05) is 38.2 Å². The van der Waals surface area contributed by atoms with Crippen LogP contribution in [-0.4, -0.2) is 119 Å². The first-order valence-electron chi connectivity index (χ1n) is 15.3. The third kappa shape index (κ3) is 20.2. The number of rotatable bonds is 24. The van der Waals surface area contributed by atoms with Crippen LogP contribution in [0.4, 0.5) is 4.79 Å². The lowest BCUT2D eigenvalue weighted by Gasteiger charge is -2.22. The maximum Gasteiger partial charge on any atom is 0.408 e. The van der Waals surface area contributed by atoms with E-state index < -0.39 is 23.7 Å². The Morgan fingerprint density at radius 1 is 0.778 bits per heavy atom. The van der Waals surface area contributed by atoms with Gasteiger partial charge in [0.05, 0.1) is 40.1 Å². The van der Waals surface area contributed by atoms with Gasteiger partial charge in [0.2, 0.25) is 11.8 Å². The number of alkyl carbamates (subject to hydrolysis) is 1. The molecule has 5 amide bonds. The lowest BCUT2D eigenvalue weighted by molar-refractivity contribution is -0.143. The van der Waals surface area contributed by atoms with E-state index in [9.17, 15) is 28.8 Å². The summed E-state index contributed by atoms with van der Waals surface area (Å²) in [6, 6.07) is -0.838. The second kappa shape index (κ2) is 22.9. The molecular weight excluding hydrogens is 592 g/mol. The molecule has 0 fully saturated rings. The Morgan fingerprint density at radius 3 is 2.04 bits per heavy atom. The predicted molar refractivity (Wildman–Crippen MR) is 162 cm³/mol. The van der Waals surface area contributed by atoms with E-state index in [1.54, 1.807) is 20.8 Å². The quantitative estimate of drug-likeness (QED) is 0.0774. The van der Waals surface area contributed by atoms with Gasteiger partial charge < -0.3 is 39.6 Å². The van der Waals surface area contributed by atoms with E-state index in [1.165, 1.54) is 24.2 Å². The van der Waals surface area contributed by atoms with Crippen molar-refractivity contribution in [1.29, 1.82) is 0 Å². The van der Waals surface area contributed by atoms with E-state index >= 15 is 0 Å². The van der Waals surface area contributed by atoms with Gasteiger partial charge in [-0.15, -0.1) is 0 Å². The molecule has 256 valence electrons. The van der Waals surface area contributed by atoms with Crippen molar-refractivity contribution in [2.75, 3.05) is 66.4 Å². The molecule has 1 aliphatic heterocycles. The Labute approximate surface area is 265 Å². The summed E-state index contributed by atoms with van der Waals surface area (Å²) >= 11 is 0. The lowest BCUT2D eigenvalue weighted by Crippen LogP contribution is -2.44. The molecule has 0 bridgehead atoms. The zero-order chi connectivity index (χ0) is 33.5. The molecule has 0 aromatic rings. The molecule has 0 spiro atoms. The highest BCUT2D eigenvalue weighted by molar-refractivity contribution is 6.12. The standard InChI is InChI=1S/C30H50N4O11/c1-30(2,3)45-29(40)33-23(28(39)41-4)10-7-8-14-31-25(36)22-44-21-20-43-19-18-42-17-15-32-24(35)11-6-5-9-16-34-26(37)12-13-27(34)38/h12-13,23H,5-11,14-22H2,1-4H3,(H,31,36)(H,32,35)(H,33,40). The molecule has 1 aliphatic rings. The molecule has 1 atom stereocenters. The number of carbonyl (C=O) groups is 6. The summed E-state index contributed by atoms with van der Waals surface area (Å²) in [6.07, 6.45) is 5.75. The molecule has 1 unspecified atom stereocenters. The predicted octanol–water partition coefficient (Wildman–Crippen LogP) is 0.991. The van der Waals surface area contributed by atoms with Crippen molar-refractivity contribution in [1.82, 2.24) is 20.9 Å². The van der Waals surface area contributed by atoms with Gasteiger partial charge in [0.15, 0.2) is 0 Å². The van der Waals surface area contributed by atoms with Crippen LogP contribution in [0.1, 0.15) is 65.7 Å². The molecule has 15 nitrogen and oxygen atoms in total. The van der Waals surface area contributed by atoms with Gasteiger partial charge in [-0.25, -0.2) is 9.59 Å². The number of methoxy groups -OCH3 is 1. The van der Waals surface area contributed by atoms with Crippen LogP contribution in [-0.2, 0) is 47.7 Å². The summed E-state index contributed by atoms with van der Waals surface area (Å²) in [6.45, 7) is 7.78. The average molecular weight is 643 g/mol. The maximum atomic E-state index is 12.0. The van der Waals surface area contributed by atoms with Crippen molar-refractivity contribution in [3.63, 3.8) is 0 Å². The van der Waals surface area contributed by atoms with E-state index in [1.807, 2.05) is 0 Å². The number of nitrogens with one attached hydrogen (secondary N) is 3. The number of amides is 5. The third-order valence-electron chi connectivity index (χ3n) is 6.15. The van der Waals surface area contributed by atoms with Crippen molar-refractivity contribution < 1.29 is 52.5 Å². The molecule has 0 aromatic carbocycles. The fourth-order valence-corrected chi connectivity index (χ4v) is 3.93. The first-order chi connectivity index (χ1) is 21.4. The minimum atomic E-state index is -0.838. The largest absolute Gasteiger partial charge is 0.467 e. The van der Waals surface area contributed by atoms with Crippen LogP contribution in [0.5, 0.6) is 0 Å². The molecule has 1 heterocycles. The average Bonchev–Trinajstić information content (AvgIpc) is 3.29. The van der Waals surface area contributed by atoms with Crippen molar-refractivity contribution in [3.05, 3.63) is 12.2 Å². The number of unbranched alkanes of at least 4 members (excludes halogenated alkanes) is 3. The van der Waals surface area contributed by atoms with Gasteiger partial charge in [-0.05, 0) is 52.9 Å². The highest BCUT2D eigenvalue weighted by Gasteiger charge is 2.25. The van der Waals surface area contributed by atoms with Crippen LogP contribution in [0.15, 0.2) is 12.2 Å². The molecule has 45 heavy (non-hydrogen) atoms. The minimum absolute atomic E-state index is 0.0779. The zero-order valence-electron chi connectivity index (χ0n) is 27.0. The van der Waals surface area contributed by atoms with E-state index in [0.717, 1.165) is 6.42 Å². The summed E-state index contributed by atoms with van der Waals surface area (Å²) in [5.74, 6) is -1.49. The number of esters is 1. The Bertz CT molecular complexity index is 963. The summed E-state index contributed by atoms with van der Waals surface area (Å²) < 4.78 is 26.0. The van der Waals surface area contributed by atoms with Gasteiger partial charge in [-0.2, -0.15) is 0 Å². The summed E-state index contributed by atoms with van der Waals surface area (Å²) in [4.78, 5) is 71.8. The number of ether oxygens (including phenoxy) is 5. The number of hydrogen-bond donors (Lipinski definition) is 3. The van der Waals surface area contributed by atoms with Crippen molar-refractivity contribution in [2.45, 2.75) is 77.4 Å². The molecule has 15 heteroatoms. The Kier molecular flexibility index (Phi) is 20.1. The molecule has 1 rings (SSSR count). The second-order valence-corrected chi connectivity index (χ2v) is 11.2. The van der Waals surface area contributed by atoms with Crippen LogP contribution in [0.3, 0.4) is 0 Å². The molecule has 0 aromatic heterocycles. The first-order valence-corrected chi connectivity index (χ1v) is 15.3. The first kappa shape index (κ1) is 39.5. The fraction of sp³-hybridized carbons (Fsp3) is 0.733. The van der Waals surface area contributed by atoms with Gasteiger partial charge in [-0.1, -0.05) is 6.42 Å². The van der Waals surface area contributed by atoms with Crippen molar-refractivity contribution in [3.8, 4) is 0 Å². The van der Waals surface area contributed by atoms with Crippen molar-refractivity contribution >= 4 is 35.7 Å². The molecule has 0 aliphatic carbocycles. The van der Waals surface area contributed by atoms with Gasteiger partial charge in [-0.3, -0.25) is 24.1 Å². The second-order valence-electron chi connectivity index (χ2n) is 11.2. The SMILES string of the molecule is COC(=O)C(CCCCNC(=O)COCCOCCOCCNC(=O)CCCCCN1C(=O)C=CC1=O)NC(=O)OC(C)(C)C.